The van der Waals surface area contributed by atoms with Gasteiger partial charge in [0, 0.05) is 0 Å². The molecule has 1 unspecified atom stereocenters. The first-order chi connectivity index (χ1) is 14.9. The van der Waals surface area contributed by atoms with Crippen LogP contribution in [0.3, 0.4) is 0 Å². The molecule has 2 amide bonds. The standard InChI is InChI=1S/C16H19F9N2O6/c1-2-3-6-32-10(28)9(27-12(30)15(20,21)22)5-4-8(33-13(31)16(23,24)25)7-26-11(29)14(17,18)19/h8-9H,2-7H2,1H3,(H,26,29)(H,27,30)/t8?,9-/m0/s1. The first kappa shape index (κ1) is 30.2. The van der Waals surface area contributed by atoms with Gasteiger partial charge in [-0.1, -0.05) is 13.3 Å². The zero-order chi connectivity index (χ0) is 26.0. The van der Waals surface area contributed by atoms with E-state index in [0.717, 1.165) is 5.32 Å². The van der Waals surface area contributed by atoms with Crippen molar-refractivity contribution in [1.82, 2.24) is 10.6 Å². The van der Waals surface area contributed by atoms with E-state index >= 15 is 0 Å². The Bertz CT molecular complexity index is 691. The van der Waals surface area contributed by atoms with E-state index in [1.54, 1.807) is 6.92 Å². The number of ether oxygens (including phenoxy) is 2. The van der Waals surface area contributed by atoms with Crippen LogP contribution >= 0.6 is 0 Å². The molecule has 0 aliphatic heterocycles. The fourth-order valence-corrected chi connectivity index (χ4v) is 1.99. The number of rotatable bonds is 11. The van der Waals surface area contributed by atoms with Crippen LogP contribution < -0.4 is 10.6 Å². The van der Waals surface area contributed by atoms with Crippen LogP contribution in [0, 0.1) is 0 Å². The van der Waals surface area contributed by atoms with Crippen LogP contribution in [0.5, 0.6) is 0 Å². The fourth-order valence-electron chi connectivity index (χ4n) is 1.99. The molecule has 0 heterocycles. The van der Waals surface area contributed by atoms with Gasteiger partial charge in [-0.15, -0.1) is 0 Å². The molecule has 0 fully saturated rings. The molecule has 0 saturated heterocycles. The zero-order valence-electron chi connectivity index (χ0n) is 16.7. The molecule has 0 aromatic heterocycles. The summed E-state index contributed by atoms with van der Waals surface area (Å²) in [5.41, 5.74) is 0. The molecule has 17 heteroatoms. The van der Waals surface area contributed by atoms with Crippen molar-refractivity contribution in [3.05, 3.63) is 0 Å². The number of amides is 2. The molecule has 0 saturated carbocycles. The summed E-state index contributed by atoms with van der Waals surface area (Å²) < 4.78 is 120. The highest BCUT2D eigenvalue weighted by molar-refractivity contribution is 5.87. The Morgan fingerprint density at radius 3 is 1.82 bits per heavy atom. The molecule has 0 aromatic rings. The molecule has 0 rings (SSSR count). The molecule has 0 aromatic carbocycles. The van der Waals surface area contributed by atoms with E-state index in [1.165, 1.54) is 5.32 Å². The van der Waals surface area contributed by atoms with Crippen molar-refractivity contribution in [3.8, 4) is 0 Å². The summed E-state index contributed by atoms with van der Waals surface area (Å²) in [5, 5.41) is 2.39. The third kappa shape index (κ3) is 12.2. The molecule has 33 heavy (non-hydrogen) atoms. The molecule has 0 aliphatic carbocycles. The summed E-state index contributed by atoms with van der Waals surface area (Å²) in [7, 11) is 0. The average molecular weight is 506 g/mol. The van der Waals surface area contributed by atoms with E-state index in [9.17, 15) is 58.7 Å². The Balaban J connectivity index is 5.45. The molecule has 2 atom stereocenters. The number of hydrogen-bond acceptors (Lipinski definition) is 6. The smallest absolute Gasteiger partial charge is 0.464 e. The van der Waals surface area contributed by atoms with Crippen LogP contribution in [0.1, 0.15) is 32.6 Å². The molecule has 192 valence electrons. The number of carbonyl (C=O) groups is 4. The largest absolute Gasteiger partial charge is 0.490 e. The van der Waals surface area contributed by atoms with E-state index in [1.807, 2.05) is 0 Å². The summed E-state index contributed by atoms with van der Waals surface area (Å²) in [6.07, 6.45) is -19.8. The normalized spacial score (nSPS) is 14.1. The van der Waals surface area contributed by atoms with E-state index in [2.05, 4.69) is 9.47 Å². The number of hydrogen-bond donors (Lipinski definition) is 2. The zero-order valence-corrected chi connectivity index (χ0v) is 16.7. The molecular formula is C16H19F9N2O6. The highest BCUT2D eigenvalue weighted by Crippen LogP contribution is 2.20. The maximum atomic E-state index is 12.5. The summed E-state index contributed by atoms with van der Waals surface area (Å²) >= 11 is 0. The number of esters is 2. The maximum absolute atomic E-state index is 12.5. The molecule has 0 radical (unpaired) electrons. The van der Waals surface area contributed by atoms with E-state index in [0.29, 0.717) is 6.42 Å². The van der Waals surface area contributed by atoms with Crippen molar-refractivity contribution in [2.45, 2.75) is 63.3 Å². The topological polar surface area (TPSA) is 111 Å². The Morgan fingerprint density at radius 1 is 0.818 bits per heavy atom. The predicted molar refractivity (Wildman–Crippen MR) is 88.1 cm³/mol. The number of unbranched alkanes of at least 4 members (excludes halogenated alkanes) is 1. The number of halogens is 9. The Labute approximate surface area is 180 Å². The lowest BCUT2D eigenvalue weighted by Crippen LogP contribution is -2.48. The summed E-state index contributed by atoms with van der Waals surface area (Å²) in [6, 6.07) is -2.10. The van der Waals surface area contributed by atoms with Crippen LogP contribution in [0.15, 0.2) is 0 Å². The Morgan fingerprint density at radius 2 is 1.36 bits per heavy atom. The van der Waals surface area contributed by atoms with Gasteiger partial charge >= 0.3 is 42.3 Å². The average Bonchev–Trinajstić information content (AvgIpc) is 2.65. The number of alkyl halides is 9. The first-order valence-electron chi connectivity index (χ1n) is 9.06. The van der Waals surface area contributed by atoms with Crippen molar-refractivity contribution in [1.29, 1.82) is 0 Å². The van der Waals surface area contributed by atoms with Crippen molar-refractivity contribution >= 4 is 23.8 Å². The monoisotopic (exact) mass is 506 g/mol. The second-order valence-electron chi connectivity index (χ2n) is 6.36. The lowest BCUT2D eigenvalue weighted by molar-refractivity contribution is -0.205. The summed E-state index contributed by atoms with van der Waals surface area (Å²) in [6.45, 7) is 0.0679. The maximum Gasteiger partial charge on any atom is 0.490 e. The van der Waals surface area contributed by atoms with Crippen molar-refractivity contribution in [2.24, 2.45) is 0 Å². The van der Waals surface area contributed by atoms with Crippen molar-refractivity contribution in [2.75, 3.05) is 13.2 Å². The van der Waals surface area contributed by atoms with Crippen molar-refractivity contribution in [3.63, 3.8) is 0 Å². The molecular weight excluding hydrogens is 487 g/mol. The second kappa shape index (κ2) is 12.5. The number of nitrogens with one attached hydrogen (secondary N) is 2. The van der Waals surface area contributed by atoms with Gasteiger partial charge in [0.05, 0.1) is 13.2 Å². The van der Waals surface area contributed by atoms with E-state index < -0.39 is 73.8 Å². The van der Waals surface area contributed by atoms with Crippen molar-refractivity contribution < 1.29 is 68.2 Å². The molecule has 8 nitrogen and oxygen atoms in total. The van der Waals surface area contributed by atoms with Gasteiger partial charge in [0.2, 0.25) is 0 Å². The van der Waals surface area contributed by atoms with E-state index in [-0.39, 0.29) is 13.0 Å². The Kier molecular flexibility index (Phi) is 11.4. The van der Waals surface area contributed by atoms with Crippen LogP contribution in [0.4, 0.5) is 39.5 Å². The number of carbonyl (C=O) groups excluding carboxylic acids is 4. The van der Waals surface area contributed by atoms with E-state index in [4.69, 9.17) is 0 Å². The van der Waals surface area contributed by atoms with Crippen LogP contribution in [0.2, 0.25) is 0 Å². The quantitative estimate of drug-likeness (QED) is 0.253. The second-order valence-corrected chi connectivity index (χ2v) is 6.36. The summed E-state index contributed by atoms with van der Waals surface area (Å²) in [4.78, 5) is 44.9. The summed E-state index contributed by atoms with van der Waals surface area (Å²) in [5.74, 6) is -9.48. The van der Waals surface area contributed by atoms with Gasteiger partial charge in [-0.05, 0) is 19.3 Å². The minimum absolute atomic E-state index is 0.276. The van der Waals surface area contributed by atoms with Crippen LogP contribution in [-0.4, -0.2) is 67.6 Å². The third-order valence-electron chi connectivity index (χ3n) is 3.62. The SMILES string of the molecule is CCCCOC(=O)[C@H](CCC(CNC(=O)C(F)(F)F)OC(=O)C(F)(F)F)NC(=O)C(F)(F)F. The van der Waals surface area contributed by atoms with Crippen LogP contribution in [0.25, 0.3) is 0 Å². The predicted octanol–water partition coefficient (Wildman–Crippen LogP) is 2.31. The molecule has 2 N–H and O–H groups in total. The first-order valence-corrected chi connectivity index (χ1v) is 9.06. The lowest BCUT2D eigenvalue weighted by atomic mass is 10.1. The van der Waals surface area contributed by atoms with Crippen LogP contribution in [-0.2, 0) is 28.7 Å². The highest BCUT2D eigenvalue weighted by Gasteiger charge is 2.44. The van der Waals surface area contributed by atoms with Gasteiger partial charge in [0.15, 0.2) is 0 Å². The molecule has 0 aliphatic rings. The minimum atomic E-state index is -5.59. The van der Waals surface area contributed by atoms with Gasteiger partial charge in [0.25, 0.3) is 0 Å². The van der Waals surface area contributed by atoms with Gasteiger partial charge in [0.1, 0.15) is 12.1 Å². The Hall–Kier alpha value is -2.75. The van der Waals surface area contributed by atoms with Gasteiger partial charge in [-0.2, -0.15) is 39.5 Å². The van der Waals surface area contributed by atoms with Gasteiger partial charge in [-0.3, -0.25) is 9.59 Å². The highest BCUT2D eigenvalue weighted by atomic mass is 19.4. The van der Waals surface area contributed by atoms with Gasteiger partial charge < -0.3 is 20.1 Å². The fraction of sp³-hybridized carbons (Fsp3) is 0.750. The third-order valence-corrected chi connectivity index (χ3v) is 3.62. The molecule has 0 bridgehead atoms. The van der Waals surface area contributed by atoms with Gasteiger partial charge in [-0.25, -0.2) is 9.59 Å². The lowest BCUT2D eigenvalue weighted by Gasteiger charge is -2.23. The minimum Gasteiger partial charge on any atom is -0.464 e. The molecule has 0 spiro atoms.